The summed E-state index contributed by atoms with van der Waals surface area (Å²) in [7, 11) is 0. The minimum absolute atomic E-state index is 0.0282. The van der Waals surface area contributed by atoms with Gasteiger partial charge < -0.3 is 10.1 Å². The topological polar surface area (TPSA) is 64.4 Å². The molecule has 1 N–H and O–H groups in total. The number of aryl methyl sites for hydroxylation is 1. The van der Waals surface area contributed by atoms with E-state index in [2.05, 4.69) is 21.2 Å². The molecule has 0 spiro atoms. The summed E-state index contributed by atoms with van der Waals surface area (Å²) in [6.45, 7) is 3.62. The summed E-state index contributed by atoms with van der Waals surface area (Å²) < 4.78 is 6.53. The molecule has 0 atom stereocenters. The summed E-state index contributed by atoms with van der Waals surface area (Å²) in [6, 6.07) is 3.33. The first-order valence-electron chi connectivity index (χ1n) is 5.90. The van der Waals surface area contributed by atoms with Crippen LogP contribution in [0.2, 0.25) is 0 Å². The van der Waals surface area contributed by atoms with Crippen molar-refractivity contribution in [3.8, 4) is 5.75 Å². The van der Waals surface area contributed by atoms with Crippen molar-refractivity contribution in [2.24, 2.45) is 0 Å². The second-order valence-corrected chi connectivity index (χ2v) is 5.31. The lowest BCUT2D eigenvalue weighted by atomic mass is 10.1. The van der Waals surface area contributed by atoms with Gasteiger partial charge in [0.25, 0.3) is 0 Å². The molecule has 1 fully saturated rings. The maximum Gasteiger partial charge on any atom is 0.312 e. The van der Waals surface area contributed by atoms with Crippen molar-refractivity contribution in [1.29, 1.82) is 0 Å². The van der Waals surface area contributed by atoms with Gasteiger partial charge in [0.2, 0.25) is 0 Å². The molecule has 1 heterocycles. The lowest BCUT2D eigenvalue weighted by Crippen LogP contribution is -2.34. The Bertz CT molecular complexity index is 459. The van der Waals surface area contributed by atoms with Crippen LogP contribution >= 0.6 is 15.9 Å². The molecule has 0 unspecified atom stereocenters. The fraction of sp³-hybridized carbons (Fsp3) is 0.500. The second-order valence-electron chi connectivity index (χ2n) is 4.40. The molecule has 6 heteroatoms. The first-order valence-corrected chi connectivity index (χ1v) is 6.69. The van der Waals surface area contributed by atoms with Crippen LogP contribution in [-0.2, 0) is 0 Å². The van der Waals surface area contributed by atoms with E-state index in [1.807, 2.05) is 13.0 Å². The fourth-order valence-corrected chi connectivity index (χ4v) is 2.64. The number of piperidine rings is 1. The predicted molar refractivity (Wildman–Crippen MR) is 72.1 cm³/mol. The molecule has 0 aromatic heterocycles. The highest BCUT2D eigenvalue weighted by Gasteiger charge is 2.23. The Labute approximate surface area is 114 Å². The largest absolute Gasteiger partial charge is 0.483 e. The summed E-state index contributed by atoms with van der Waals surface area (Å²) in [5, 5.41) is 14.3. The lowest BCUT2D eigenvalue weighted by molar-refractivity contribution is -0.386. The smallest absolute Gasteiger partial charge is 0.312 e. The van der Waals surface area contributed by atoms with Crippen molar-refractivity contribution in [2.75, 3.05) is 13.1 Å². The molecular formula is C12H15BrN2O3. The number of hydrogen-bond donors (Lipinski definition) is 1. The number of nitro benzene ring substituents is 1. The Balaban J connectivity index is 2.27. The van der Waals surface area contributed by atoms with Crippen molar-refractivity contribution in [2.45, 2.75) is 25.9 Å². The average Bonchev–Trinajstić information content (AvgIpc) is 2.33. The summed E-state index contributed by atoms with van der Waals surface area (Å²) in [4.78, 5) is 10.7. The van der Waals surface area contributed by atoms with Gasteiger partial charge in [-0.15, -0.1) is 0 Å². The van der Waals surface area contributed by atoms with E-state index < -0.39 is 4.92 Å². The number of halogens is 1. The maximum absolute atomic E-state index is 11.1. The normalized spacial score (nSPS) is 16.6. The summed E-state index contributed by atoms with van der Waals surface area (Å²) in [5.74, 6) is 0.398. The monoisotopic (exact) mass is 314 g/mol. The van der Waals surface area contributed by atoms with E-state index in [0.29, 0.717) is 10.2 Å². The zero-order valence-electron chi connectivity index (χ0n) is 10.1. The molecule has 98 valence electrons. The van der Waals surface area contributed by atoms with Crippen molar-refractivity contribution in [3.63, 3.8) is 0 Å². The van der Waals surface area contributed by atoms with E-state index in [1.54, 1.807) is 0 Å². The van der Waals surface area contributed by atoms with Crippen LogP contribution < -0.4 is 10.1 Å². The highest BCUT2D eigenvalue weighted by atomic mass is 79.9. The van der Waals surface area contributed by atoms with Gasteiger partial charge in [0.05, 0.1) is 4.92 Å². The number of rotatable bonds is 3. The Morgan fingerprint density at radius 1 is 1.44 bits per heavy atom. The highest BCUT2D eigenvalue weighted by molar-refractivity contribution is 9.10. The van der Waals surface area contributed by atoms with Gasteiger partial charge in [-0.05, 0) is 44.5 Å². The van der Waals surface area contributed by atoms with Gasteiger partial charge in [0, 0.05) is 10.5 Å². The summed E-state index contributed by atoms with van der Waals surface area (Å²) in [5.41, 5.74) is 0.815. The van der Waals surface area contributed by atoms with Gasteiger partial charge >= 0.3 is 5.69 Å². The third kappa shape index (κ3) is 3.00. The van der Waals surface area contributed by atoms with E-state index >= 15 is 0 Å². The lowest BCUT2D eigenvalue weighted by Gasteiger charge is -2.24. The molecule has 0 amide bonds. The van der Waals surface area contributed by atoms with Crippen molar-refractivity contribution < 1.29 is 9.66 Å². The third-order valence-corrected chi connectivity index (χ3v) is 3.45. The van der Waals surface area contributed by atoms with Crippen LogP contribution in [-0.4, -0.2) is 24.1 Å². The van der Waals surface area contributed by atoms with Gasteiger partial charge in [-0.2, -0.15) is 0 Å². The van der Waals surface area contributed by atoms with Gasteiger partial charge in [-0.1, -0.05) is 15.9 Å². The van der Waals surface area contributed by atoms with E-state index in [-0.39, 0.29) is 11.8 Å². The standard InChI is InChI=1S/C12H15BrN2O3/c1-8-6-9(13)7-11(15(16)17)12(8)18-10-2-4-14-5-3-10/h6-7,10,14H,2-5H2,1H3. The molecule has 1 saturated heterocycles. The average molecular weight is 315 g/mol. The predicted octanol–water partition coefficient (Wildman–Crippen LogP) is 2.80. The first kappa shape index (κ1) is 13.3. The number of nitro groups is 1. The van der Waals surface area contributed by atoms with Crippen molar-refractivity contribution in [3.05, 3.63) is 32.3 Å². The van der Waals surface area contributed by atoms with Gasteiger partial charge in [0.15, 0.2) is 5.75 Å². The quantitative estimate of drug-likeness (QED) is 0.688. The molecule has 1 aliphatic heterocycles. The molecule has 1 aromatic carbocycles. The number of ether oxygens (including phenoxy) is 1. The van der Waals surface area contributed by atoms with Crippen LogP contribution in [0.3, 0.4) is 0 Å². The third-order valence-electron chi connectivity index (χ3n) is 2.99. The molecule has 0 bridgehead atoms. The van der Waals surface area contributed by atoms with Crippen LogP contribution in [0.1, 0.15) is 18.4 Å². The summed E-state index contributed by atoms with van der Waals surface area (Å²) in [6.07, 6.45) is 1.82. The number of nitrogens with zero attached hydrogens (tertiary/aromatic N) is 1. The van der Waals surface area contributed by atoms with Crippen LogP contribution in [0.25, 0.3) is 0 Å². The van der Waals surface area contributed by atoms with Gasteiger partial charge in [0.1, 0.15) is 6.10 Å². The fourth-order valence-electron chi connectivity index (χ4n) is 2.08. The molecule has 5 nitrogen and oxygen atoms in total. The van der Waals surface area contributed by atoms with Crippen LogP contribution in [0.4, 0.5) is 5.69 Å². The first-order chi connectivity index (χ1) is 8.58. The Kier molecular flexibility index (Phi) is 4.19. The van der Waals surface area contributed by atoms with Gasteiger partial charge in [-0.3, -0.25) is 10.1 Å². The van der Waals surface area contributed by atoms with Crippen LogP contribution in [0.15, 0.2) is 16.6 Å². The van der Waals surface area contributed by atoms with Gasteiger partial charge in [-0.25, -0.2) is 0 Å². The molecule has 0 radical (unpaired) electrons. The highest BCUT2D eigenvalue weighted by Crippen LogP contribution is 2.35. The summed E-state index contributed by atoms with van der Waals surface area (Å²) >= 11 is 3.27. The Hall–Kier alpha value is -1.14. The SMILES string of the molecule is Cc1cc(Br)cc([N+](=O)[O-])c1OC1CCNCC1. The van der Waals surface area contributed by atoms with E-state index in [0.717, 1.165) is 31.5 Å². The van der Waals surface area contributed by atoms with Crippen LogP contribution in [0, 0.1) is 17.0 Å². The number of benzene rings is 1. The molecule has 1 aromatic rings. The molecular weight excluding hydrogens is 300 g/mol. The molecule has 18 heavy (non-hydrogen) atoms. The zero-order chi connectivity index (χ0) is 13.1. The number of nitrogens with one attached hydrogen (secondary N) is 1. The molecule has 1 aliphatic rings. The van der Waals surface area contributed by atoms with Crippen molar-refractivity contribution >= 4 is 21.6 Å². The Morgan fingerprint density at radius 2 is 2.11 bits per heavy atom. The minimum atomic E-state index is -0.395. The van der Waals surface area contributed by atoms with Crippen molar-refractivity contribution in [1.82, 2.24) is 5.32 Å². The molecule has 0 aliphatic carbocycles. The van der Waals surface area contributed by atoms with E-state index in [9.17, 15) is 10.1 Å². The number of hydrogen-bond acceptors (Lipinski definition) is 4. The van der Waals surface area contributed by atoms with Crippen LogP contribution in [0.5, 0.6) is 5.75 Å². The molecule has 0 saturated carbocycles. The zero-order valence-corrected chi connectivity index (χ0v) is 11.7. The minimum Gasteiger partial charge on any atom is -0.483 e. The maximum atomic E-state index is 11.1. The van der Waals surface area contributed by atoms with E-state index in [1.165, 1.54) is 6.07 Å². The van der Waals surface area contributed by atoms with E-state index in [4.69, 9.17) is 4.74 Å². The Morgan fingerprint density at radius 3 is 2.72 bits per heavy atom. The molecule has 2 rings (SSSR count). The second kappa shape index (κ2) is 5.67.